The lowest BCUT2D eigenvalue weighted by Crippen LogP contribution is -2.41. The molecule has 0 radical (unpaired) electrons. The molecule has 1 aliphatic heterocycles. The SMILES string of the molecule is Cc1ccc(F)c2c1CCCN2CC(=O)NCCc1ccc(S(N)(=O)=O)cc1. The monoisotopic (exact) mass is 405 g/mol. The number of rotatable bonds is 6. The molecule has 2 aromatic carbocycles. The number of carbonyl (C=O) groups excluding carboxylic acids is 1. The number of benzene rings is 2. The zero-order chi connectivity index (χ0) is 20.3. The molecule has 0 bridgehead atoms. The number of hydrogen-bond donors (Lipinski definition) is 2. The fourth-order valence-corrected chi connectivity index (χ4v) is 4.02. The molecule has 0 fully saturated rings. The van der Waals surface area contributed by atoms with Crippen molar-refractivity contribution in [3.63, 3.8) is 0 Å². The first kappa shape index (κ1) is 20.3. The first-order valence-electron chi connectivity index (χ1n) is 9.17. The maximum Gasteiger partial charge on any atom is 0.239 e. The molecule has 8 heteroatoms. The second kappa shape index (κ2) is 8.28. The lowest BCUT2D eigenvalue weighted by Gasteiger charge is -2.32. The molecule has 28 heavy (non-hydrogen) atoms. The Morgan fingerprint density at radius 3 is 2.61 bits per heavy atom. The van der Waals surface area contributed by atoms with E-state index in [0.29, 0.717) is 25.2 Å². The summed E-state index contributed by atoms with van der Waals surface area (Å²) in [5, 5.41) is 7.92. The number of carbonyl (C=O) groups is 1. The first-order chi connectivity index (χ1) is 13.3. The van der Waals surface area contributed by atoms with E-state index in [0.717, 1.165) is 29.5 Å². The highest BCUT2D eigenvalue weighted by molar-refractivity contribution is 7.89. The van der Waals surface area contributed by atoms with Crippen molar-refractivity contribution in [3.8, 4) is 0 Å². The molecule has 0 spiro atoms. The number of amides is 1. The molecule has 0 atom stereocenters. The van der Waals surface area contributed by atoms with Crippen molar-refractivity contribution in [2.45, 2.75) is 31.1 Å². The quantitative estimate of drug-likeness (QED) is 0.768. The largest absolute Gasteiger partial charge is 0.360 e. The molecule has 150 valence electrons. The Kier molecular flexibility index (Phi) is 6.00. The van der Waals surface area contributed by atoms with Crippen LogP contribution in [0.3, 0.4) is 0 Å². The van der Waals surface area contributed by atoms with Crippen molar-refractivity contribution in [2.75, 3.05) is 24.5 Å². The number of primary sulfonamides is 1. The van der Waals surface area contributed by atoms with Gasteiger partial charge >= 0.3 is 0 Å². The Labute approximate surface area is 164 Å². The standard InChI is InChI=1S/C20H24FN3O3S/c1-14-4-9-18(21)20-17(14)3-2-12-24(20)13-19(25)23-11-10-15-5-7-16(8-6-15)28(22,26)27/h4-9H,2-3,10-13H2,1H3,(H,23,25)(H2,22,26,27). The van der Waals surface area contributed by atoms with Crippen molar-refractivity contribution < 1.29 is 17.6 Å². The second-order valence-electron chi connectivity index (χ2n) is 7.01. The minimum absolute atomic E-state index is 0.0568. The van der Waals surface area contributed by atoms with Gasteiger partial charge in [-0.2, -0.15) is 0 Å². The fourth-order valence-electron chi connectivity index (χ4n) is 3.50. The molecule has 0 unspecified atom stereocenters. The van der Waals surface area contributed by atoms with Gasteiger partial charge in [-0.05, 0) is 61.1 Å². The van der Waals surface area contributed by atoms with Gasteiger partial charge in [-0.15, -0.1) is 0 Å². The summed E-state index contributed by atoms with van der Waals surface area (Å²) in [6, 6.07) is 9.47. The molecule has 0 saturated heterocycles. The summed E-state index contributed by atoms with van der Waals surface area (Å²) >= 11 is 0. The number of sulfonamides is 1. The summed E-state index contributed by atoms with van der Waals surface area (Å²) < 4.78 is 36.8. The number of nitrogens with two attached hydrogens (primary N) is 1. The fraction of sp³-hybridized carbons (Fsp3) is 0.350. The number of fused-ring (bicyclic) bond motifs is 1. The summed E-state index contributed by atoms with van der Waals surface area (Å²) in [5.41, 5.74) is 3.45. The molecular weight excluding hydrogens is 381 g/mol. The van der Waals surface area contributed by atoms with E-state index >= 15 is 0 Å². The Morgan fingerprint density at radius 2 is 1.93 bits per heavy atom. The van der Waals surface area contributed by atoms with E-state index in [2.05, 4.69) is 5.32 Å². The molecule has 1 heterocycles. The van der Waals surface area contributed by atoms with Gasteiger partial charge in [0.05, 0.1) is 17.1 Å². The predicted octanol–water partition coefficient (Wildman–Crippen LogP) is 1.89. The van der Waals surface area contributed by atoms with Crippen LogP contribution in [-0.4, -0.2) is 34.0 Å². The lowest BCUT2D eigenvalue weighted by atomic mass is 9.96. The molecule has 0 aromatic heterocycles. The highest BCUT2D eigenvalue weighted by Crippen LogP contribution is 2.32. The highest BCUT2D eigenvalue weighted by Gasteiger charge is 2.23. The topological polar surface area (TPSA) is 92.5 Å². The van der Waals surface area contributed by atoms with Gasteiger partial charge in [0.2, 0.25) is 15.9 Å². The van der Waals surface area contributed by atoms with Crippen LogP contribution in [-0.2, 0) is 27.7 Å². The van der Waals surface area contributed by atoms with Crippen LogP contribution in [0, 0.1) is 12.7 Å². The number of anilines is 1. The van der Waals surface area contributed by atoms with Crippen LogP contribution < -0.4 is 15.4 Å². The number of nitrogens with zero attached hydrogens (tertiary/aromatic N) is 1. The Balaban J connectivity index is 1.55. The van der Waals surface area contributed by atoms with E-state index in [4.69, 9.17) is 5.14 Å². The van der Waals surface area contributed by atoms with Gasteiger partial charge in [-0.3, -0.25) is 4.79 Å². The van der Waals surface area contributed by atoms with Crippen LogP contribution in [0.2, 0.25) is 0 Å². The van der Waals surface area contributed by atoms with Crippen molar-refractivity contribution >= 4 is 21.6 Å². The van der Waals surface area contributed by atoms with Crippen LogP contribution in [0.5, 0.6) is 0 Å². The molecule has 3 N–H and O–H groups in total. The number of halogens is 1. The zero-order valence-electron chi connectivity index (χ0n) is 15.7. The van der Waals surface area contributed by atoms with E-state index in [1.807, 2.05) is 6.92 Å². The van der Waals surface area contributed by atoms with Crippen LogP contribution in [0.4, 0.5) is 10.1 Å². The van der Waals surface area contributed by atoms with Crippen molar-refractivity contribution in [1.29, 1.82) is 0 Å². The predicted molar refractivity (Wildman–Crippen MR) is 106 cm³/mol. The van der Waals surface area contributed by atoms with E-state index in [1.165, 1.54) is 18.2 Å². The summed E-state index contributed by atoms with van der Waals surface area (Å²) in [6.07, 6.45) is 2.27. The summed E-state index contributed by atoms with van der Waals surface area (Å²) in [4.78, 5) is 14.2. The van der Waals surface area contributed by atoms with Gasteiger partial charge < -0.3 is 10.2 Å². The maximum atomic E-state index is 14.3. The average molecular weight is 405 g/mol. The van der Waals surface area contributed by atoms with Crippen LogP contribution in [0.1, 0.15) is 23.1 Å². The molecule has 0 aliphatic carbocycles. The molecule has 1 aliphatic rings. The smallest absolute Gasteiger partial charge is 0.239 e. The Morgan fingerprint density at radius 1 is 1.21 bits per heavy atom. The Bertz CT molecular complexity index is 975. The van der Waals surface area contributed by atoms with Gasteiger partial charge in [0, 0.05) is 13.1 Å². The van der Waals surface area contributed by atoms with Crippen LogP contribution >= 0.6 is 0 Å². The van der Waals surface area contributed by atoms with E-state index in [9.17, 15) is 17.6 Å². The average Bonchev–Trinajstić information content (AvgIpc) is 2.64. The van der Waals surface area contributed by atoms with Gasteiger partial charge in [0.1, 0.15) is 5.82 Å². The molecule has 6 nitrogen and oxygen atoms in total. The zero-order valence-corrected chi connectivity index (χ0v) is 16.6. The highest BCUT2D eigenvalue weighted by atomic mass is 32.2. The van der Waals surface area contributed by atoms with Gasteiger partial charge in [-0.1, -0.05) is 18.2 Å². The minimum Gasteiger partial charge on any atom is -0.360 e. The van der Waals surface area contributed by atoms with Crippen LogP contribution in [0.25, 0.3) is 0 Å². The van der Waals surface area contributed by atoms with Gasteiger partial charge in [0.15, 0.2) is 0 Å². The van der Waals surface area contributed by atoms with E-state index in [1.54, 1.807) is 23.1 Å². The third kappa shape index (κ3) is 4.69. The number of hydrogen-bond acceptors (Lipinski definition) is 4. The third-order valence-corrected chi connectivity index (χ3v) is 5.89. The van der Waals surface area contributed by atoms with Crippen molar-refractivity contribution in [2.24, 2.45) is 5.14 Å². The normalized spacial score (nSPS) is 13.9. The van der Waals surface area contributed by atoms with Crippen LogP contribution in [0.15, 0.2) is 41.3 Å². The summed E-state index contributed by atoms with van der Waals surface area (Å²) in [5.74, 6) is -0.460. The van der Waals surface area contributed by atoms with E-state index in [-0.39, 0.29) is 23.2 Å². The molecule has 0 saturated carbocycles. The van der Waals surface area contributed by atoms with E-state index < -0.39 is 10.0 Å². The third-order valence-electron chi connectivity index (χ3n) is 4.96. The maximum absolute atomic E-state index is 14.3. The second-order valence-corrected chi connectivity index (χ2v) is 8.57. The van der Waals surface area contributed by atoms with Crippen molar-refractivity contribution in [3.05, 3.63) is 58.9 Å². The number of nitrogens with one attached hydrogen (secondary N) is 1. The van der Waals surface area contributed by atoms with Gasteiger partial charge in [0.25, 0.3) is 0 Å². The lowest BCUT2D eigenvalue weighted by molar-refractivity contribution is -0.119. The molecule has 2 aromatic rings. The van der Waals surface area contributed by atoms with Gasteiger partial charge in [-0.25, -0.2) is 17.9 Å². The molecule has 3 rings (SSSR count). The number of aryl methyl sites for hydroxylation is 1. The summed E-state index contributed by atoms with van der Waals surface area (Å²) in [7, 11) is -3.71. The molecular formula is C20H24FN3O3S. The molecule has 1 amide bonds. The Hall–Kier alpha value is -2.45. The minimum atomic E-state index is -3.71. The first-order valence-corrected chi connectivity index (χ1v) is 10.7. The van der Waals surface area contributed by atoms with Crippen molar-refractivity contribution in [1.82, 2.24) is 5.32 Å². The summed E-state index contributed by atoms with van der Waals surface area (Å²) in [6.45, 7) is 3.13.